The summed E-state index contributed by atoms with van der Waals surface area (Å²) >= 11 is 6.01. The van der Waals surface area contributed by atoms with Crippen LogP contribution in [0.15, 0.2) is 47.3 Å². The van der Waals surface area contributed by atoms with E-state index in [1.54, 1.807) is 31.1 Å². The Balaban J connectivity index is 1.61. The summed E-state index contributed by atoms with van der Waals surface area (Å²) in [5.41, 5.74) is 3.83. The van der Waals surface area contributed by atoms with Gasteiger partial charge >= 0.3 is 0 Å². The zero-order valence-electron chi connectivity index (χ0n) is 22.9. The molecule has 0 spiro atoms. The lowest BCUT2D eigenvalue weighted by atomic mass is 10.00. The highest BCUT2D eigenvalue weighted by Gasteiger charge is 2.26. The molecule has 0 bridgehead atoms. The van der Waals surface area contributed by atoms with E-state index in [-0.39, 0.29) is 28.0 Å². The predicted octanol–water partition coefficient (Wildman–Crippen LogP) is 3.41. The molecule has 4 aromatic rings. The standard InChI is InChI=1S/C28H27ClN6O5S/c1-14-10-18(15(2)30-21-8-9-22(29)31-24(21)26(36)33-41(5,39)40)23-20(11-14)28(38)35(4)25(32-23)16-6-7-17-13-34(3)27(37)19(17)12-16/h6-12,15,30H,13H2,1-5H3,(H,33,36)/t15-/m1/s1. The van der Waals surface area contributed by atoms with E-state index in [1.165, 1.54) is 16.7 Å². The van der Waals surface area contributed by atoms with Crippen LogP contribution < -0.4 is 15.6 Å². The first-order valence-corrected chi connectivity index (χ1v) is 14.9. The number of fused-ring (bicyclic) bond motifs is 2. The van der Waals surface area contributed by atoms with Gasteiger partial charge in [0.1, 0.15) is 11.0 Å². The van der Waals surface area contributed by atoms with Gasteiger partial charge in [0.25, 0.3) is 17.4 Å². The van der Waals surface area contributed by atoms with Crippen molar-refractivity contribution in [2.45, 2.75) is 26.4 Å². The summed E-state index contributed by atoms with van der Waals surface area (Å²) in [6, 6.07) is 11.6. The highest BCUT2D eigenvalue weighted by Crippen LogP contribution is 2.31. The number of hydrogen-bond acceptors (Lipinski definition) is 8. The number of aryl methyl sites for hydroxylation is 1. The molecule has 13 heteroatoms. The second-order valence-electron chi connectivity index (χ2n) is 10.2. The first kappa shape index (κ1) is 28.2. The summed E-state index contributed by atoms with van der Waals surface area (Å²) < 4.78 is 26.7. The molecule has 2 N–H and O–H groups in total. The summed E-state index contributed by atoms with van der Waals surface area (Å²) in [5, 5.41) is 3.62. The molecule has 5 rings (SSSR count). The zero-order chi connectivity index (χ0) is 29.8. The SMILES string of the molecule is Cc1cc([C@@H](C)Nc2ccc(Cl)nc2C(=O)NS(C)(=O)=O)c2nc(-c3ccc4c(c3)C(=O)N(C)C4)n(C)c(=O)c2c1. The molecule has 1 atom stereocenters. The Labute approximate surface area is 241 Å². The van der Waals surface area contributed by atoms with Crippen LogP contribution in [-0.4, -0.2) is 53.0 Å². The number of rotatable bonds is 6. The molecule has 11 nitrogen and oxygen atoms in total. The van der Waals surface area contributed by atoms with E-state index >= 15 is 0 Å². The molecule has 2 amide bonds. The van der Waals surface area contributed by atoms with Crippen molar-refractivity contribution in [2.75, 3.05) is 18.6 Å². The summed E-state index contributed by atoms with van der Waals surface area (Å²) in [7, 11) is -0.470. The van der Waals surface area contributed by atoms with Crippen molar-refractivity contribution in [3.8, 4) is 11.4 Å². The van der Waals surface area contributed by atoms with Crippen LogP contribution in [0.2, 0.25) is 5.15 Å². The number of halogens is 1. The number of carbonyl (C=O) groups is 2. The van der Waals surface area contributed by atoms with Crippen molar-refractivity contribution in [1.82, 2.24) is 24.2 Å². The Hall–Kier alpha value is -4.29. The Kier molecular flexibility index (Phi) is 7.08. The summed E-state index contributed by atoms with van der Waals surface area (Å²) in [4.78, 5) is 49.4. The fraction of sp³-hybridized carbons (Fsp3) is 0.250. The minimum atomic E-state index is -3.85. The van der Waals surface area contributed by atoms with Crippen molar-refractivity contribution in [2.24, 2.45) is 7.05 Å². The number of pyridine rings is 1. The van der Waals surface area contributed by atoms with Crippen molar-refractivity contribution < 1.29 is 18.0 Å². The summed E-state index contributed by atoms with van der Waals surface area (Å²) in [6.45, 7) is 4.21. The fourth-order valence-corrected chi connectivity index (χ4v) is 5.56. The van der Waals surface area contributed by atoms with Crippen molar-refractivity contribution >= 4 is 50.0 Å². The van der Waals surface area contributed by atoms with Crippen LogP contribution in [0.25, 0.3) is 22.3 Å². The number of nitrogens with one attached hydrogen (secondary N) is 2. The molecule has 41 heavy (non-hydrogen) atoms. The van der Waals surface area contributed by atoms with Crippen LogP contribution in [0.1, 0.15) is 50.5 Å². The van der Waals surface area contributed by atoms with Crippen LogP contribution in [-0.2, 0) is 23.6 Å². The van der Waals surface area contributed by atoms with Crippen molar-refractivity contribution in [1.29, 1.82) is 0 Å². The average molecular weight is 595 g/mol. The van der Waals surface area contributed by atoms with Gasteiger partial charge in [-0.2, -0.15) is 0 Å². The van der Waals surface area contributed by atoms with Gasteiger partial charge in [0, 0.05) is 37.3 Å². The van der Waals surface area contributed by atoms with E-state index in [0.717, 1.165) is 17.4 Å². The van der Waals surface area contributed by atoms with E-state index in [4.69, 9.17) is 16.6 Å². The molecule has 1 aliphatic rings. The maximum absolute atomic E-state index is 13.6. The molecule has 0 unspecified atom stereocenters. The Morgan fingerprint density at radius 1 is 1.07 bits per heavy atom. The van der Waals surface area contributed by atoms with E-state index in [9.17, 15) is 22.8 Å². The zero-order valence-corrected chi connectivity index (χ0v) is 24.5. The van der Waals surface area contributed by atoms with Gasteiger partial charge in [0.2, 0.25) is 10.0 Å². The van der Waals surface area contributed by atoms with E-state index in [1.807, 2.05) is 36.8 Å². The van der Waals surface area contributed by atoms with Gasteiger partial charge in [-0.25, -0.2) is 23.1 Å². The fourth-order valence-electron chi connectivity index (χ4n) is 4.98. The van der Waals surface area contributed by atoms with Gasteiger partial charge in [-0.15, -0.1) is 0 Å². The van der Waals surface area contributed by atoms with Gasteiger partial charge in [0.05, 0.1) is 28.9 Å². The number of hydrogen-bond donors (Lipinski definition) is 2. The predicted molar refractivity (Wildman–Crippen MR) is 157 cm³/mol. The molecular weight excluding hydrogens is 568 g/mol. The average Bonchev–Trinajstić information content (AvgIpc) is 3.18. The monoisotopic (exact) mass is 594 g/mol. The summed E-state index contributed by atoms with van der Waals surface area (Å²) in [6.07, 6.45) is 0.864. The van der Waals surface area contributed by atoms with Gasteiger partial charge in [0.15, 0.2) is 5.69 Å². The lowest BCUT2D eigenvalue weighted by Crippen LogP contribution is -2.31. The first-order chi connectivity index (χ1) is 19.2. The number of benzene rings is 2. The van der Waals surface area contributed by atoms with Gasteiger partial charge < -0.3 is 10.2 Å². The smallest absolute Gasteiger partial charge is 0.285 e. The number of carbonyl (C=O) groups excluding carboxylic acids is 2. The largest absolute Gasteiger partial charge is 0.377 e. The number of nitrogens with zero attached hydrogens (tertiary/aromatic N) is 4. The van der Waals surface area contributed by atoms with E-state index in [2.05, 4.69) is 10.3 Å². The highest BCUT2D eigenvalue weighted by molar-refractivity contribution is 7.89. The maximum atomic E-state index is 13.6. The second kappa shape index (κ2) is 10.3. The van der Waals surface area contributed by atoms with Crippen LogP contribution >= 0.6 is 11.6 Å². The number of anilines is 1. The maximum Gasteiger partial charge on any atom is 0.285 e. The molecule has 0 fully saturated rings. The highest BCUT2D eigenvalue weighted by atomic mass is 35.5. The lowest BCUT2D eigenvalue weighted by Gasteiger charge is -2.20. The quantitative estimate of drug-likeness (QED) is 0.323. The van der Waals surface area contributed by atoms with E-state index in [0.29, 0.717) is 40.0 Å². The van der Waals surface area contributed by atoms with Gasteiger partial charge in [-0.1, -0.05) is 29.8 Å². The third kappa shape index (κ3) is 5.40. The lowest BCUT2D eigenvalue weighted by molar-refractivity contribution is 0.0816. The van der Waals surface area contributed by atoms with Crippen molar-refractivity contribution in [3.05, 3.63) is 85.9 Å². The Bertz CT molecular complexity index is 1940. The minimum absolute atomic E-state index is 0.0108. The molecule has 0 radical (unpaired) electrons. The summed E-state index contributed by atoms with van der Waals surface area (Å²) in [5.74, 6) is -0.634. The molecule has 2 aromatic carbocycles. The normalized spacial score (nSPS) is 13.8. The van der Waals surface area contributed by atoms with E-state index < -0.39 is 22.0 Å². The van der Waals surface area contributed by atoms with Gasteiger partial charge in [-0.3, -0.25) is 19.0 Å². The molecule has 0 saturated carbocycles. The molecule has 1 aliphatic heterocycles. The van der Waals surface area contributed by atoms with Gasteiger partial charge in [-0.05, 0) is 49.2 Å². The minimum Gasteiger partial charge on any atom is -0.377 e. The Morgan fingerprint density at radius 2 is 1.80 bits per heavy atom. The van der Waals surface area contributed by atoms with Crippen LogP contribution in [0, 0.1) is 6.92 Å². The Morgan fingerprint density at radius 3 is 2.51 bits per heavy atom. The molecule has 0 aliphatic carbocycles. The third-order valence-electron chi connectivity index (χ3n) is 6.90. The number of aromatic nitrogens is 3. The number of sulfonamides is 1. The van der Waals surface area contributed by atoms with Crippen LogP contribution in [0.4, 0.5) is 5.69 Å². The molecule has 212 valence electrons. The topological polar surface area (TPSA) is 143 Å². The first-order valence-electron chi connectivity index (χ1n) is 12.6. The molecule has 3 heterocycles. The number of amides is 2. The molecule has 2 aromatic heterocycles. The molecule has 0 saturated heterocycles. The third-order valence-corrected chi connectivity index (χ3v) is 7.67. The van der Waals surface area contributed by atoms with Crippen LogP contribution in [0.5, 0.6) is 0 Å². The van der Waals surface area contributed by atoms with Crippen LogP contribution in [0.3, 0.4) is 0 Å². The van der Waals surface area contributed by atoms with Crippen molar-refractivity contribution in [3.63, 3.8) is 0 Å². The molecular formula is C28H27ClN6O5S. The second-order valence-corrected chi connectivity index (χ2v) is 12.3.